The van der Waals surface area contributed by atoms with E-state index in [1.807, 2.05) is 4.90 Å². The van der Waals surface area contributed by atoms with Crippen LogP contribution in [-0.2, 0) is 19.2 Å². The number of anilines is 1. The van der Waals surface area contributed by atoms with Crippen LogP contribution in [0.5, 0.6) is 0 Å². The molecule has 4 aliphatic rings. The zero-order valence-corrected chi connectivity index (χ0v) is 21.0. The summed E-state index contributed by atoms with van der Waals surface area (Å²) in [6.07, 6.45) is 7.05. The Kier molecular flexibility index (Phi) is 6.38. The molecule has 194 valence electrons. The van der Waals surface area contributed by atoms with Gasteiger partial charge in [-0.2, -0.15) is 9.36 Å². The average molecular weight is 547 g/mol. The number of nitrogens with zero attached hydrogens (tertiary/aromatic N) is 6. The number of hydrogen-bond acceptors (Lipinski definition) is 14. The van der Waals surface area contributed by atoms with Crippen LogP contribution in [0.1, 0.15) is 12.7 Å². The van der Waals surface area contributed by atoms with Crippen molar-refractivity contribution >= 4 is 51.9 Å². The van der Waals surface area contributed by atoms with E-state index in [1.54, 1.807) is 36.5 Å². The van der Waals surface area contributed by atoms with E-state index < -0.39 is 29.2 Å². The Labute approximate surface area is 218 Å². The lowest BCUT2D eigenvalue weighted by atomic mass is 10.0. The Balaban J connectivity index is 1.33. The number of nitrogens with one attached hydrogen (secondary N) is 2. The predicted octanol–water partition coefficient (Wildman–Crippen LogP) is -1.15. The fourth-order valence-electron chi connectivity index (χ4n) is 4.05. The van der Waals surface area contributed by atoms with Gasteiger partial charge in [0.2, 0.25) is 11.5 Å². The van der Waals surface area contributed by atoms with E-state index in [1.165, 1.54) is 16.7 Å². The Hall–Kier alpha value is -4.25. The molecule has 0 aliphatic carbocycles. The molecule has 15 nitrogen and oxygen atoms in total. The highest BCUT2D eigenvalue weighted by atomic mass is 32.2. The van der Waals surface area contributed by atoms with Crippen LogP contribution in [0, 0.1) is 0 Å². The molecule has 1 saturated heterocycles. The number of aromatic nitrogens is 2. The molecule has 1 aromatic rings. The number of oxime groups is 1. The summed E-state index contributed by atoms with van der Waals surface area (Å²) >= 11 is 2.24. The van der Waals surface area contributed by atoms with Gasteiger partial charge in [0, 0.05) is 36.2 Å². The highest BCUT2D eigenvalue weighted by molar-refractivity contribution is 8.00. The van der Waals surface area contributed by atoms with Gasteiger partial charge < -0.3 is 31.6 Å². The standard InChI is InChI=1S/C20H22N10O5S2/c1-2-35-26-12(15-24-20(22)37-27-15)16(31)23-13-17(32)30-14(19(33)34)9(8-36-18(13)30)7-28-5-6-29-11(28)4-3-10(21)25-29/h3-6,13,18,25H,2,7-8,21H2,1H3,(H,23,31)(H,33,34)(H2,22,24,27)/b26-12-/t13-,18+/m1/s1. The van der Waals surface area contributed by atoms with Crippen molar-refractivity contribution in [2.75, 3.05) is 24.6 Å². The predicted molar refractivity (Wildman–Crippen MR) is 133 cm³/mol. The number of β-lactam (4-membered cyclic amide) rings is 1. The van der Waals surface area contributed by atoms with Crippen LogP contribution in [0.2, 0.25) is 0 Å². The number of carbonyl (C=O) groups excluding carboxylic acids is 2. The van der Waals surface area contributed by atoms with Crippen LogP contribution < -0.4 is 22.2 Å². The third kappa shape index (κ3) is 4.42. The maximum atomic E-state index is 13.1. The van der Waals surface area contributed by atoms with E-state index in [4.69, 9.17) is 16.3 Å². The summed E-state index contributed by atoms with van der Waals surface area (Å²) in [7, 11) is 0. The summed E-state index contributed by atoms with van der Waals surface area (Å²) in [5.74, 6) is -0.958. The minimum absolute atomic E-state index is 0.0300. The van der Waals surface area contributed by atoms with Crippen LogP contribution in [0.25, 0.3) is 0 Å². The Morgan fingerprint density at radius 3 is 2.86 bits per heavy atom. The van der Waals surface area contributed by atoms with Gasteiger partial charge in [-0.15, -0.1) is 11.8 Å². The SMILES string of the molecule is CCO/N=C(\C(=O)N[C@@H]1C(=O)N2C(C(=O)O)=C(CN3C=CN4NC(N)=CC=C34)CS[C@@H]12)c1nsc(N)n1. The molecule has 1 aromatic heterocycles. The minimum atomic E-state index is -1.22. The second kappa shape index (κ2) is 9.66. The fourth-order valence-corrected chi connectivity index (χ4v) is 5.82. The lowest BCUT2D eigenvalue weighted by molar-refractivity contribution is -0.150. The average Bonchev–Trinajstić information content (AvgIpc) is 3.47. The van der Waals surface area contributed by atoms with Crippen LogP contribution in [0.4, 0.5) is 5.13 Å². The molecular formula is C20H22N10O5S2. The summed E-state index contributed by atoms with van der Waals surface area (Å²) in [6, 6.07) is -0.961. The summed E-state index contributed by atoms with van der Waals surface area (Å²) in [5, 5.41) is 17.6. The first-order valence-corrected chi connectivity index (χ1v) is 12.8. The second-order valence-electron chi connectivity index (χ2n) is 7.99. The number of hydrogen-bond donors (Lipinski definition) is 5. The van der Waals surface area contributed by atoms with Crippen molar-refractivity contribution < 1.29 is 24.3 Å². The van der Waals surface area contributed by atoms with E-state index in [2.05, 4.69) is 25.3 Å². The molecule has 1 fully saturated rings. The van der Waals surface area contributed by atoms with E-state index in [-0.39, 0.29) is 35.5 Å². The largest absolute Gasteiger partial charge is 0.477 e. The Morgan fingerprint density at radius 1 is 1.35 bits per heavy atom. The molecule has 4 aliphatic heterocycles. The molecule has 2 atom stereocenters. The molecule has 5 heterocycles. The number of aliphatic carboxylic acids is 1. The van der Waals surface area contributed by atoms with E-state index in [0.717, 1.165) is 17.4 Å². The molecule has 0 unspecified atom stereocenters. The fraction of sp³-hybridized carbons (Fsp3) is 0.300. The van der Waals surface area contributed by atoms with Gasteiger partial charge in [-0.25, -0.2) is 9.80 Å². The number of rotatable bonds is 8. The lowest BCUT2D eigenvalue weighted by Crippen LogP contribution is -2.71. The monoisotopic (exact) mass is 546 g/mol. The number of nitrogen functional groups attached to an aromatic ring is 1. The molecular weight excluding hydrogens is 524 g/mol. The van der Waals surface area contributed by atoms with Crippen LogP contribution in [0.3, 0.4) is 0 Å². The molecule has 17 heteroatoms. The lowest BCUT2D eigenvalue weighted by Gasteiger charge is -2.49. The van der Waals surface area contributed by atoms with Crippen molar-refractivity contribution in [2.24, 2.45) is 10.9 Å². The molecule has 0 saturated carbocycles. The third-order valence-corrected chi connectivity index (χ3v) is 7.53. The van der Waals surface area contributed by atoms with Crippen LogP contribution >= 0.6 is 23.3 Å². The third-order valence-electron chi connectivity index (χ3n) is 5.65. The molecule has 2 amide bonds. The number of nitrogens with two attached hydrogens (primary N) is 2. The number of fused-ring (bicyclic) bond motifs is 2. The Morgan fingerprint density at radius 2 is 2.16 bits per heavy atom. The van der Waals surface area contributed by atoms with Crippen LogP contribution in [-0.4, -0.2) is 83.1 Å². The Bertz CT molecular complexity index is 1320. The topological polar surface area (TPSA) is 205 Å². The highest BCUT2D eigenvalue weighted by Crippen LogP contribution is 2.41. The number of carbonyl (C=O) groups is 3. The number of carboxylic acid groups (broad SMARTS) is 1. The van der Waals surface area contributed by atoms with Crippen molar-refractivity contribution in [3.05, 3.63) is 53.3 Å². The molecule has 0 radical (unpaired) electrons. The summed E-state index contributed by atoms with van der Waals surface area (Å²) in [4.78, 5) is 50.3. The molecule has 7 N–H and O–H groups in total. The summed E-state index contributed by atoms with van der Waals surface area (Å²) in [6.45, 7) is 2.13. The van der Waals surface area contributed by atoms with Crippen molar-refractivity contribution in [3.63, 3.8) is 0 Å². The van der Waals surface area contributed by atoms with Crippen molar-refractivity contribution in [3.8, 4) is 0 Å². The number of thioether (sulfide) groups is 1. The maximum Gasteiger partial charge on any atom is 0.352 e. The molecule has 0 bridgehead atoms. The van der Waals surface area contributed by atoms with Gasteiger partial charge in [0.25, 0.3) is 11.8 Å². The van der Waals surface area contributed by atoms with Crippen molar-refractivity contribution in [2.45, 2.75) is 18.3 Å². The van der Waals surface area contributed by atoms with Gasteiger partial charge in [-0.1, -0.05) is 5.16 Å². The number of allylic oxidation sites excluding steroid dienone is 2. The quantitative estimate of drug-likeness (QED) is 0.149. The molecule has 0 spiro atoms. The second-order valence-corrected chi connectivity index (χ2v) is 9.88. The van der Waals surface area contributed by atoms with E-state index in [0.29, 0.717) is 17.1 Å². The summed E-state index contributed by atoms with van der Waals surface area (Å²) in [5.41, 5.74) is 14.6. The summed E-state index contributed by atoms with van der Waals surface area (Å²) < 4.78 is 3.98. The first-order chi connectivity index (χ1) is 17.8. The van der Waals surface area contributed by atoms with E-state index in [9.17, 15) is 19.5 Å². The normalized spacial score (nSPS) is 22.6. The van der Waals surface area contributed by atoms with Gasteiger partial charge in [0.15, 0.2) is 5.13 Å². The smallest absolute Gasteiger partial charge is 0.352 e. The molecule has 37 heavy (non-hydrogen) atoms. The maximum absolute atomic E-state index is 13.1. The number of amides is 2. The first kappa shape index (κ1) is 24.4. The molecule has 5 rings (SSSR count). The number of hydrazine groups is 1. The van der Waals surface area contributed by atoms with Gasteiger partial charge in [-0.05, 0) is 24.6 Å². The molecule has 0 aromatic carbocycles. The van der Waals surface area contributed by atoms with Crippen molar-refractivity contribution in [1.82, 2.24) is 34.9 Å². The van der Waals surface area contributed by atoms with Gasteiger partial charge in [0.1, 0.15) is 35.4 Å². The van der Waals surface area contributed by atoms with Crippen LogP contribution in [0.15, 0.2) is 52.6 Å². The van der Waals surface area contributed by atoms with Gasteiger partial charge in [0.05, 0.1) is 0 Å². The zero-order chi connectivity index (χ0) is 26.3. The van der Waals surface area contributed by atoms with Gasteiger partial charge in [-0.3, -0.25) is 19.9 Å². The zero-order valence-electron chi connectivity index (χ0n) is 19.3. The van der Waals surface area contributed by atoms with E-state index >= 15 is 0 Å². The van der Waals surface area contributed by atoms with Gasteiger partial charge >= 0.3 is 5.97 Å². The number of carboxylic acids is 1. The van der Waals surface area contributed by atoms with Crippen molar-refractivity contribution in [1.29, 1.82) is 0 Å². The highest BCUT2D eigenvalue weighted by Gasteiger charge is 2.54. The minimum Gasteiger partial charge on any atom is -0.477 e. The first-order valence-electron chi connectivity index (χ1n) is 11.0.